The van der Waals surface area contributed by atoms with Crippen molar-refractivity contribution in [2.45, 2.75) is 44.0 Å². The second kappa shape index (κ2) is 5.64. The number of hydrogen-bond acceptors (Lipinski definition) is 4. The molecule has 1 aromatic heterocycles. The van der Waals surface area contributed by atoms with Gasteiger partial charge in [-0.15, -0.1) is 0 Å². The van der Waals surface area contributed by atoms with E-state index >= 15 is 0 Å². The average molecular weight is 237 g/mol. The first-order valence-electron chi connectivity index (χ1n) is 5.82. The van der Waals surface area contributed by atoms with Crippen LogP contribution in [0.3, 0.4) is 0 Å². The molecule has 0 aliphatic heterocycles. The van der Waals surface area contributed by atoms with Crippen LogP contribution in [0.1, 0.15) is 30.8 Å². The largest absolute Gasteiger partial charge is 0.308 e. The molecule has 0 aromatic carbocycles. The van der Waals surface area contributed by atoms with Crippen LogP contribution >= 0.6 is 11.8 Å². The van der Waals surface area contributed by atoms with Gasteiger partial charge in [0, 0.05) is 24.0 Å². The van der Waals surface area contributed by atoms with E-state index in [2.05, 4.69) is 21.5 Å². The van der Waals surface area contributed by atoms with Crippen molar-refractivity contribution >= 4 is 11.8 Å². The molecular formula is C12H19N3S. The molecule has 3 nitrogen and oxygen atoms in total. The zero-order valence-electron chi connectivity index (χ0n) is 9.94. The van der Waals surface area contributed by atoms with E-state index in [1.807, 2.05) is 30.9 Å². The first-order chi connectivity index (χ1) is 7.78. The number of aromatic nitrogens is 2. The highest BCUT2D eigenvalue weighted by Crippen LogP contribution is 2.28. The molecule has 1 saturated carbocycles. The molecule has 0 bridgehead atoms. The molecule has 1 aliphatic rings. The average Bonchev–Trinajstić information content (AvgIpc) is 2.74. The van der Waals surface area contributed by atoms with E-state index in [0.717, 1.165) is 23.3 Å². The van der Waals surface area contributed by atoms with Gasteiger partial charge >= 0.3 is 0 Å². The summed E-state index contributed by atoms with van der Waals surface area (Å²) in [4.78, 5) is 8.50. The van der Waals surface area contributed by atoms with Crippen LogP contribution in [0.2, 0.25) is 0 Å². The van der Waals surface area contributed by atoms with Crippen LogP contribution in [0.4, 0.5) is 0 Å². The number of aryl methyl sites for hydroxylation is 1. The molecule has 0 radical (unpaired) electrons. The van der Waals surface area contributed by atoms with E-state index in [0.29, 0.717) is 6.04 Å². The van der Waals surface area contributed by atoms with Crippen molar-refractivity contribution in [1.82, 2.24) is 15.3 Å². The SMILES string of the molecule is CSC1CCC(NCc2ccnc(C)n2)C1. The molecule has 2 atom stereocenters. The fraction of sp³-hybridized carbons (Fsp3) is 0.667. The van der Waals surface area contributed by atoms with Crippen LogP contribution in [-0.4, -0.2) is 27.5 Å². The van der Waals surface area contributed by atoms with Crippen LogP contribution in [0, 0.1) is 6.92 Å². The second-order valence-electron chi connectivity index (χ2n) is 4.34. The number of rotatable bonds is 4. The number of nitrogens with one attached hydrogen (secondary N) is 1. The Morgan fingerprint density at radius 3 is 3.06 bits per heavy atom. The van der Waals surface area contributed by atoms with Gasteiger partial charge in [0.05, 0.1) is 5.69 Å². The molecule has 0 saturated heterocycles. The molecule has 16 heavy (non-hydrogen) atoms. The summed E-state index contributed by atoms with van der Waals surface area (Å²) in [6.45, 7) is 2.80. The minimum Gasteiger partial charge on any atom is -0.308 e. The molecule has 1 fully saturated rings. The highest BCUT2D eigenvalue weighted by atomic mass is 32.2. The molecule has 1 aliphatic carbocycles. The Morgan fingerprint density at radius 2 is 2.38 bits per heavy atom. The van der Waals surface area contributed by atoms with Crippen LogP contribution in [0.15, 0.2) is 12.3 Å². The lowest BCUT2D eigenvalue weighted by Crippen LogP contribution is -2.26. The summed E-state index contributed by atoms with van der Waals surface area (Å²) >= 11 is 1.99. The fourth-order valence-corrected chi connectivity index (χ4v) is 2.99. The van der Waals surface area contributed by atoms with Crippen molar-refractivity contribution in [3.63, 3.8) is 0 Å². The molecule has 2 rings (SSSR count). The highest BCUT2D eigenvalue weighted by molar-refractivity contribution is 7.99. The monoisotopic (exact) mass is 237 g/mol. The van der Waals surface area contributed by atoms with Gasteiger partial charge in [-0.25, -0.2) is 9.97 Å². The summed E-state index contributed by atoms with van der Waals surface area (Å²) in [6, 6.07) is 2.66. The first-order valence-corrected chi connectivity index (χ1v) is 7.11. The third kappa shape index (κ3) is 3.19. The molecule has 2 unspecified atom stereocenters. The quantitative estimate of drug-likeness (QED) is 0.871. The summed E-state index contributed by atoms with van der Waals surface area (Å²) < 4.78 is 0. The normalized spacial score (nSPS) is 24.9. The Labute approximate surface area is 101 Å². The fourth-order valence-electron chi connectivity index (χ4n) is 2.19. The maximum atomic E-state index is 4.39. The van der Waals surface area contributed by atoms with E-state index in [4.69, 9.17) is 0 Å². The van der Waals surface area contributed by atoms with Crippen LogP contribution in [0.25, 0.3) is 0 Å². The van der Waals surface area contributed by atoms with Gasteiger partial charge in [0.25, 0.3) is 0 Å². The van der Waals surface area contributed by atoms with Crippen molar-refractivity contribution in [3.05, 3.63) is 23.8 Å². The lowest BCUT2D eigenvalue weighted by molar-refractivity contribution is 0.519. The van der Waals surface area contributed by atoms with Gasteiger partial charge < -0.3 is 5.32 Å². The molecule has 4 heteroatoms. The summed E-state index contributed by atoms with van der Waals surface area (Å²) in [5.41, 5.74) is 1.10. The predicted molar refractivity (Wildman–Crippen MR) is 68.6 cm³/mol. The van der Waals surface area contributed by atoms with Crippen molar-refractivity contribution in [3.8, 4) is 0 Å². The molecule has 88 valence electrons. The Bertz CT molecular complexity index is 343. The van der Waals surface area contributed by atoms with Gasteiger partial charge in [-0.05, 0) is 38.5 Å². The van der Waals surface area contributed by atoms with Crippen LogP contribution in [-0.2, 0) is 6.54 Å². The van der Waals surface area contributed by atoms with Crippen molar-refractivity contribution in [1.29, 1.82) is 0 Å². The maximum absolute atomic E-state index is 4.39. The lowest BCUT2D eigenvalue weighted by Gasteiger charge is -2.12. The van der Waals surface area contributed by atoms with Gasteiger partial charge in [0.15, 0.2) is 0 Å². The Kier molecular flexibility index (Phi) is 4.18. The van der Waals surface area contributed by atoms with E-state index in [-0.39, 0.29) is 0 Å². The van der Waals surface area contributed by atoms with Crippen molar-refractivity contribution < 1.29 is 0 Å². The van der Waals surface area contributed by atoms with Gasteiger partial charge in [-0.1, -0.05) is 0 Å². The van der Waals surface area contributed by atoms with Gasteiger partial charge in [-0.3, -0.25) is 0 Å². The van der Waals surface area contributed by atoms with Crippen molar-refractivity contribution in [2.75, 3.05) is 6.26 Å². The third-order valence-corrected chi connectivity index (χ3v) is 4.22. The van der Waals surface area contributed by atoms with E-state index in [9.17, 15) is 0 Å². The van der Waals surface area contributed by atoms with Gasteiger partial charge in [-0.2, -0.15) is 11.8 Å². The highest BCUT2D eigenvalue weighted by Gasteiger charge is 2.23. The molecule has 1 N–H and O–H groups in total. The minimum absolute atomic E-state index is 0.674. The number of thioether (sulfide) groups is 1. The molecule has 1 aromatic rings. The summed E-state index contributed by atoms with van der Waals surface area (Å²) in [5, 5.41) is 4.44. The molecule has 1 heterocycles. The van der Waals surface area contributed by atoms with E-state index in [1.54, 1.807) is 0 Å². The summed E-state index contributed by atoms with van der Waals surface area (Å²) in [6.07, 6.45) is 7.99. The van der Waals surface area contributed by atoms with Gasteiger partial charge in [0.2, 0.25) is 0 Å². The van der Waals surface area contributed by atoms with E-state index in [1.165, 1.54) is 19.3 Å². The predicted octanol–water partition coefficient (Wildman–Crippen LogP) is 2.16. The standard InChI is InChI=1S/C12H19N3S/c1-9-13-6-5-11(15-9)8-14-10-3-4-12(7-10)16-2/h5-6,10,12,14H,3-4,7-8H2,1-2H3. The molecule has 0 amide bonds. The zero-order valence-corrected chi connectivity index (χ0v) is 10.8. The van der Waals surface area contributed by atoms with Crippen LogP contribution in [0.5, 0.6) is 0 Å². The summed E-state index contributed by atoms with van der Waals surface area (Å²) in [5.74, 6) is 0.854. The number of hydrogen-bond donors (Lipinski definition) is 1. The topological polar surface area (TPSA) is 37.8 Å². The smallest absolute Gasteiger partial charge is 0.125 e. The Balaban J connectivity index is 1.80. The lowest BCUT2D eigenvalue weighted by atomic mass is 10.2. The van der Waals surface area contributed by atoms with Gasteiger partial charge in [0.1, 0.15) is 5.82 Å². The minimum atomic E-state index is 0.674. The molecular weight excluding hydrogens is 218 g/mol. The Hall–Kier alpha value is -0.610. The zero-order chi connectivity index (χ0) is 11.4. The van der Waals surface area contributed by atoms with E-state index < -0.39 is 0 Å². The van der Waals surface area contributed by atoms with Crippen LogP contribution < -0.4 is 5.32 Å². The first kappa shape index (κ1) is 11.9. The number of nitrogens with zero attached hydrogens (tertiary/aromatic N) is 2. The Morgan fingerprint density at radius 1 is 1.50 bits per heavy atom. The third-order valence-electron chi connectivity index (χ3n) is 3.12. The second-order valence-corrected chi connectivity index (χ2v) is 5.48. The molecule has 0 spiro atoms. The summed E-state index contributed by atoms with van der Waals surface area (Å²) in [7, 11) is 0. The van der Waals surface area contributed by atoms with Crippen molar-refractivity contribution in [2.24, 2.45) is 0 Å². The maximum Gasteiger partial charge on any atom is 0.125 e.